The molecule has 0 unspecified atom stereocenters. The highest BCUT2D eigenvalue weighted by atomic mass is 35.5. The highest BCUT2D eigenvalue weighted by molar-refractivity contribution is 6.33. The van der Waals surface area contributed by atoms with Crippen molar-refractivity contribution < 1.29 is 9.53 Å². The number of nitrogens with zero attached hydrogens (tertiary/aromatic N) is 1. The van der Waals surface area contributed by atoms with E-state index in [1.54, 1.807) is 0 Å². The second kappa shape index (κ2) is 5.38. The van der Waals surface area contributed by atoms with Crippen LogP contribution in [0.3, 0.4) is 0 Å². The second-order valence-corrected chi connectivity index (χ2v) is 6.42. The molecule has 3 rings (SSSR count). The van der Waals surface area contributed by atoms with Gasteiger partial charge in [-0.15, -0.1) is 0 Å². The van der Waals surface area contributed by atoms with Gasteiger partial charge in [0.15, 0.2) is 6.29 Å². The van der Waals surface area contributed by atoms with E-state index >= 15 is 0 Å². The van der Waals surface area contributed by atoms with Gasteiger partial charge in [-0.3, -0.25) is 4.79 Å². The number of carbonyl (C=O) groups excluding carboxylic acids is 1. The minimum Gasteiger partial charge on any atom is -0.378 e. The van der Waals surface area contributed by atoms with E-state index in [0.29, 0.717) is 16.7 Å². The van der Waals surface area contributed by atoms with Crippen LogP contribution in [0.4, 0.5) is 5.69 Å². The summed E-state index contributed by atoms with van der Waals surface area (Å²) in [4.78, 5) is 13.4. The van der Waals surface area contributed by atoms with Gasteiger partial charge in [-0.1, -0.05) is 24.1 Å². The van der Waals surface area contributed by atoms with Crippen LogP contribution < -0.4 is 4.90 Å². The van der Waals surface area contributed by atoms with Crippen LogP contribution in [0.5, 0.6) is 0 Å². The maximum atomic E-state index is 11.2. The largest absolute Gasteiger partial charge is 0.378 e. The molecule has 4 heteroatoms. The molecular weight excluding hydrogens is 274 g/mol. The van der Waals surface area contributed by atoms with E-state index in [1.165, 1.54) is 12.8 Å². The number of anilines is 1. The van der Waals surface area contributed by atoms with E-state index in [4.69, 9.17) is 16.3 Å². The van der Waals surface area contributed by atoms with Gasteiger partial charge in [-0.2, -0.15) is 0 Å². The summed E-state index contributed by atoms with van der Waals surface area (Å²) in [6.07, 6.45) is 5.99. The fraction of sp³-hybridized carbons (Fsp3) is 0.562. The topological polar surface area (TPSA) is 29.5 Å². The van der Waals surface area contributed by atoms with Crippen molar-refractivity contribution in [2.75, 3.05) is 25.1 Å². The van der Waals surface area contributed by atoms with Gasteiger partial charge in [0.1, 0.15) is 0 Å². The van der Waals surface area contributed by atoms with Crippen molar-refractivity contribution in [2.24, 2.45) is 5.41 Å². The van der Waals surface area contributed by atoms with Gasteiger partial charge < -0.3 is 9.64 Å². The number of hydrogen-bond acceptors (Lipinski definition) is 3. The molecule has 20 heavy (non-hydrogen) atoms. The third kappa shape index (κ3) is 2.23. The Hall–Kier alpha value is -1.06. The molecule has 1 aromatic carbocycles. The normalized spacial score (nSPS) is 28.4. The molecule has 0 radical (unpaired) electrons. The van der Waals surface area contributed by atoms with Gasteiger partial charge in [-0.25, -0.2) is 0 Å². The number of fused-ring (bicyclic) bond motifs is 1. The Morgan fingerprint density at radius 3 is 3.15 bits per heavy atom. The van der Waals surface area contributed by atoms with Crippen LogP contribution in [0.2, 0.25) is 5.02 Å². The number of para-hydroxylation sites is 1. The number of hydrogen-bond donors (Lipinski definition) is 0. The first kappa shape index (κ1) is 13.9. The third-order valence-corrected chi connectivity index (χ3v) is 5.13. The average Bonchev–Trinajstić information content (AvgIpc) is 2.97. The number of ether oxygens (including phenoxy) is 1. The predicted molar refractivity (Wildman–Crippen MR) is 80.8 cm³/mol. The van der Waals surface area contributed by atoms with Crippen LogP contribution in [0.1, 0.15) is 36.0 Å². The zero-order valence-electron chi connectivity index (χ0n) is 11.8. The second-order valence-electron chi connectivity index (χ2n) is 6.02. The number of carbonyl (C=O) groups is 1. The van der Waals surface area contributed by atoms with Crippen LogP contribution in [-0.4, -0.2) is 32.6 Å². The van der Waals surface area contributed by atoms with Gasteiger partial charge >= 0.3 is 0 Å². The summed E-state index contributed by atoms with van der Waals surface area (Å²) >= 11 is 6.30. The molecule has 108 valence electrons. The highest BCUT2D eigenvalue weighted by Crippen LogP contribution is 2.48. The summed E-state index contributed by atoms with van der Waals surface area (Å²) < 4.78 is 5.87. The minimum atomic E-state index is 0.244. The lowest BCUT2D eigenvalue weighted by Gasteiger charge is -2.34. The Bertz CT molecular complexity index is 507. The van der Waals surface area contributed by atoms with E-state index in [9.17, 15) is 4.79 Å². The van der Waals surface area contributed by atoms with Gasteiger partial charge in [-0.05, 0) is 31.4 Å². The zero-order valence-corrected chi connectivity index (χ0v) is 12.5. The summed E-state index contributed by atoms with van der Waals surface area (Å²) in [5, 5.41) is 0.641. The van der Waals surface area contributed by atoms with Crippen LogP contribution >= 0.6 is 11.6 Å². The van der Waals surface area contributed by atoms with Crippen molar-refractivity contribution in [3.8, 4) is 0 Å². The van der Waals surface area contributed by atoms with Gasteiger partial charge in [0.2, 0.25) is 0 Å². The van der Waals surface area contributed by atoms with Crippen molar-refractivity contribution >= 4 is 23.6 Å². The van der Waals surface area contributed by atoms with Crippen LogP contribution in [0, 0.1) is 5.41 Å². The maximum Gasteiger partial charge on any atom is 0.152 e. The van der Waals surface area contributed by atoms with Gasteiger partial charge in [0.05, 0.1) is 16.8 Å². The van der Waals surface area contributed by atoms with Gasteiger partial charge in [0, 0.05) is 31.2 Å². The minimum absolute atomic E-state index is 0.244. The number of benzene rings is 1. The Morgan fingerprint density at radius 1 is 1.50 bits per heavy atom. The Morgan fingerprint density at radius 2 is 2.35 bits per heavy atom. The molecule has 2 aliphatic rings. The van der Waals surface area contributed by atoms with Crippen LogP contribution in [0.15, 0.2) is 18.2 Å². The van der Waals surface area contributed by atoms with Crippen LogP contribution in [-0.2, 0) is 4.74 Å². The van der Waals surface area contributed by atoms with E-state index in [-0.39, 0.29) is 5.41 Å². The molecule has 0 N–H and O–H groups in total. The van der Waals surface area contributed by atoms with E-state index in [2.05, 4.69) is 4.90 Å². The highest BCUT2D eigenvalue weighted by Gasteiger charge is 2.48. The first-order valence-electron chi connectivity index (χ1n) is 7.23. The summed E-state index contributed by atoms with van der Waals surface area (Å²) in [5.41, 5.74) is 1.75. The lowest BCUT2D eigenvalue weighted by atomic mass is 9.82. The molecule has 1 saturated heterocycles. The van der Waals surface area contributed by atoms with Crippen molar-refractivity contribution in [3.05, 3.63) is 28.8 Å². The molecule has 1 heterocycles. The van der Waals surface area contributed by atoms with E-state index < -0.39 is 0 Å². The lowest BCUT2D eigenvalue weighted by molar-refractivity contribution is 0.0730. The average molecular weight is 294 g/mol. The molecular formula is C16H20ClNO2. The summed E-state index contributed by atoms with van der Waals surface area (Å²) in [7, 11) is 2.02. The molecule has 0 bridgehead atoms. The van der Waals surface area contributed by atoms with Crippen molar-refractivity contribution in [1.29, 1.82) is 0 Å². The SMILES string of the molecule is CN(C[C@]12CCC[C@H]1OCC2)c1c(Cl)cccc1C=O. The summed E-state index contributed by atoms with van der Waals surface area (Å²) in [6.45, 7) is 1.77. The fourth-order valence-electron chi connectivity index (χ4n) is 3.90. The van der Waals surface area contributed by atoms with E-state index in [0.717, 1.165) is 38.0 Å². The molecule has 0 aromatic heterocycles. The van der Waals surface area contributed by atoms with Crippen molar-refractivity contribution in [2.45, 2.75) is 31.8 Å². The van der Waals surface area contributed by atoms with Crippen molar-refractivity contribution in [1.82, 2.24) is 0 Å². The number of aldehydes is 1. The smallest absolute Gasteiger partial charge is 0.152 e. The Balaban J connectivity index is 1.86. The molecule has 1 aliphatic carbocycles. The van der Waals surface area contributed by atoms with Crippen LogP contribution in [0.25, 0.3) is 0 Å². The molecule has 2 fully saturated rings. The predicted octanol–water partition coefficient (Wildman–Crippen LogP) is 3.55. The first-order chi connectivity index (χ1) is 9.66. The van der Waals surface area contributed by atoms with Crippen molar-refractivity contribution in [3.63, 3.8) is 0 Å². The summed E-state index contributed by atoms with van der Waals surface area (Å²) in [5.74, 6) is 0. The number of rotatable bonds is 4. The number of halogens is 1. The summed E-state index contributed by atoms with van der Waals surface area (Å²) in [6, 6.07) is 5.48. The van der Waals surface area contributed by atoms with Gasteiger partial charge in [0.25, 0.3) is 0 Å². The zero-order chi connectivity index (χ0) is 14.2. The first-order valence-corrected chi connectivity index (χ1v) is 7.60. The third-order valence-electron chi connectivity index (χ3n) is 4.82. The monoisotopic (exact) mass is 293 g/mol. The molecule has 3 nitrogen and oxygen atoms in total. The molecule has 1 aromatic rings. The molecule has 1 saturated carbocycles. The Kier molecular flexibility index (Phi) is 3.74. The standard InChI is InChI=1S/C16H20ClNO2/c1-18(15-12(10-19)4-2-5-13(15)17)11-16-7-3-6-14(16)20-9-8-16/h2,4-5,10,14H,3,6-9,11H2,1H3/t14-,16-/m1/s1. The Labute approximate surface area is 124 Å². The fourth-order valence-corrected chi connectivity index (χ4v) is 4.22. The van der Waals surface area contributed by atoms with E-state index in [1.807, 2.05) is 25.2 Å². The maximum absolute atomic E-state index is 11.2. The molecule has 0 amide bonds. The lowest BCUT2D eigenvalue weighted by Crippen LogP contribution is -2.38. The molecule has 0 spiro atoms. The quantitative estimate of drug-likeness (QED) is 0.795. The molecule has 2 atom stereocenters. The molecule has 1 aliphatic heterocycles.